The highest BCUT2D eigenvalue weighted by atomic mass is 16.5. The summed E-state index contributed by atoms with van der Waals surface area (Å²) in [5.41, 5.74) is 3.25. The molecule has 0 bridgehead atoms. The normalized spacial score (nSPS) is 32.8. The second-order valence-electron chi connectivity index (χ2n) is 4.56. The Balaban J connectivity index is 2.43. The van der Waals surface area contributed by atoms with Crippen molar-refractivity contribution in [2.75, 3.05) is 7.05 Å². The summed E-state index contributed by atoms with van der Waals surface area (Å²) < 4.78 is 5.84. The second kappa shape index (κ2) is 3.32. The molecule has 0 spiro atoms. The fraction of sp³-hybridized carbons (Fsp3) is 1.00. The maximum absolute atomic E-state index is 5.84. The minimum Gasteiger partial charge on any atom is -0.356 e. The zero-order valence-electron chi connectivity index (χ0n) is 8.72. The molecule has 0 radical (unpaired) electrons. The molecule has 1 aliphatic rings. The minimum atomic E-state index is -0.0509. The third-order valence-electron chi connectivity index (χ3n) is 1.90. The van der Waals surface area contributed by atoms with Gasteiger partial charge in [0.2, 0.25) is 0 Å². The Morgan fingerprint density at radius 3 is 2.33 bits per heavy atom. The monoisotopic (exact) mass is 172 g/mol. The van der Waals surface area contributed by atoms with Crippen molar-refractivity contribution in [2.45, 2.75) is 52.0 Å². The molecule has 1 rings (SSSR count). The first-order valence-corrected chi connectivity index (χ1v) is 4.55. The van der Waals surface area contributed by atoms with Gasteiger partial charge in [-0.1, -0.05) is 0 Å². The SMILES string of the molecule is CC1CC(OC(C)(C)C)N(C)N1. The zero-order chi connectivity index (χ0) is 9.35. The Kier molecular flexibility index (Phi) is 2.76. The van der Waals surface area contributed by atoms with Crippen LogP contribution in [0, 0.1) is 0 Å². The molecule has 1 N–H and O–H groups in total. The molecule has 0 saturated carbocycles. The van der Waals surface area contributed by atoms with Crippen molar-refractivity contribution in [1.82, 2.24) is 10.4 Å². The van der Waals surface area contributed by atoms with E-state index in [-0.39, 0.29) is 11.8 Å². The van der Waals surface area contributed by atoms with Crippen LogP contribution >= 0.6 is 0 Å². The fourth-order valence-corrected chi connectivity index (χ4v) is 1.48. The van der Waals surface area contributed by atoms with Crippen LogP contribution in [0.15, 0.2) is 0 Å². The molecule has 0 amide bonds. The van der Waals surface area contributed by atoms with Crippen molar-refractivity contribution in [3.63, 3.8) is 0 Å². The van der Waals surface area contributed by atoms with Gasteiger partial charge in [-0.3, -0.25) is 5.43 Å². The van der Waals surface area contributed by atoms with Gasteiger partial charge in [0, 0.05) is 19.5 Å². The summed E-state index contributed by atoms with van der Waals surface area (Å²) in [6.07, 6.45) is 1.29. The number of nitrogens with one attached hydrogen (secondary N) is 1. The van der Waals surface area contributed by atoms with E-state index in [1.165, 1.54) is 0 Å². The van der Waals surface area contributed by atoms with Crippen LogP contribution in [0.1, 0.15) is 34.1 Å². The van der Waals surface area contributed by atoms with Crippen molar-refractivity contribution in [2.24, 2.45) is 0 Å². The lowest BCUT2D eigenvalue weighted by Gasteiger charge is -2.28. The van der Waals surface area contributed by atoms with E-state index in [0.717, 1.165) is 6.42 Å². The third-order valence-corrected chi connectivity index (χ3v) is 1.90. The number of hydrogen-bond acceptors (Lipinski definition) is 3. The highest BCUT2D eigenvalue weighted by molar-refractivity contribution is 4.75. The average molecular weight is 172 g/mol. The van der Waals surface area contributed by atoms with E-state index in [1.54, 1.807) is 0 Å². The first-order valence-electron chi connectivity index (χ1n) is 4.55. The maximum atomic E-state index is 5.84. The predicted molar refractivity (Wildman–Crippen MR) is 49.6 cm³/mol. The van der Waals surface area contributed by atoms with Crippen molar-refractivity contribution in [3.8, 4) is 0 Å². The van der Waals surface area contributed by atoms with Crippen LogP contribution in [0.5, 0.6) is 0 Å². The Hall–Kier alpha value is -0.120. The standard InChI is InChI=1S/C9H20N2O/c1-7-6-8(11(5)10-7)12-9(2,3)4/h7-8,10H,6H2,1-5H3. The van der Waals surface area contributed by atoms with E-state index < -0.39 is 0 Å². The summed E-state index contributed by atoms with van der Waals surface area (Å²) in [5, 5.41) is 2.05. The number of hydrogen-bond donors (Lipinski definition) is 1. The van der Waals surface area contributed by atoms with Crippen molar-refractivity contribution < 1.29 is 4.74 Å². The predicted octanol–water partition coefficient (Wildman–Crippen LogP) is 1.36. The van der Waals surface area contributed by atoms with E-state index in [1.807, 2.05) is 7.05 Å². The van der Waals surface area contributed by atoms with Gasteiger partial charge < -0.3 is 4.74 Å². The number of ether oxygens (including phenoxy) is 1. The smallest absolute Gasteiger partial charge is 0.124 e. The Bertz CT molecular complexity index is 153. The molecular formula is C9H20N2O. The molecule has 3 nitrogen and oxygen atoms in total. The molecule has 12 heavy (non-hydrogen) atoms. The van der Waals surface area contributed by atoms with Crippen LogP contribution in [-0.4, -0.2) is 29.9 Å². The van der Waals surface area contributed by atoms with Gasteiger partial charge in [-0.15, -0.1) is 0 Å². The molecule has 1 fully saturated rings. The highest BCUT2D eigenvalue weighted by Crippen LogP contribution is 2.19. The van der Waals surface area contributed by atoms with Gasteiger partial charge in [0.1, 0.15) is 6.23 Å². The van der Waals surface area contributed by atoms with Gasteiger partial charge in [-0.05, 0) is 27.7 Å². The lowest BCUT2D eigenvalue weighted by atomic mass is 10.2. The fourth-order valence-electron chi connectivity index (χ4n) is 1.48. The van der Waals surface area contributed by atoms with Gasteiger partial charge >= 0.3 is 0 Å². The van der Waals surface area contributed by atoms with Gasteiger partial charge in [-0.2, -0.15) is 0 Å². The van der Waals surface area contributed by atoms with Crippen LogP contribution in [-0.2, 0) is 4.74 Å². The summed E-state index contributed by atoms with van der Waals surface area (Å²) in [6.45, 7) is 8.43. The van der Waals surface area contributed by atoms with Crippen LogP contribution in [0.3, 0.4) is 0 Å². The summed E-state index contributed by atoms with van der Waals surface area (Å²) in [4.78, 5) is 0. The quantitative estimate of drug-likeness (QED) is 0.646. The molecule has 1 heterocycles. The van der Waals surface area contributed by atoms with Crippen LogP contribution in [0.25, 0.3) is 0 Å². The maximum Gasteiger partial charge on any atom is 0.124 e. The largest absolute Gasteiger partial charge is 0.356 e. The summed E-state index contributed by atoms with van der Waals surface area (Å²) >= 11 is 0. The molecule has 2 unspecified atom stereocenters. The topological polar surface area (TPSA) is 24.5 Å². The van der Waals surface area contributed by atoms with E-state index in [2.05, 4.69) is 38.1 Å². The number of hydrazine groups is 1. The van der Waals surface area contributed by atoms with E-state index in [9.17, 15) is 0 Å². The van der Waals surface area contributed by atoms with Crippen molar-refractivity contribution in [3.05, 3.63) is 0 Å². The van der Waals surface area contributed by atoms with E-state index in [4.69, 9.17) is 4.74 Å². The summed E-state index contributed by atoms with van der Waals surface area (Å²) in [6, 6.07) is 0.530. The molecule has 0 aromatic carbocycles. The average Bonchev–Trinajstić information content (AvgIpc) is 2.06. The molecule has 0 aliphatic carbocycles. The molecule has 2 atom stereocenters. The van der Waals surface area contributed by atoms with Crippen LogP contribution in [0.2, 0.25) is 0 Å². The molecule has 0 aromatic rings. The first kappa shape index (κ1) is 9.96. The van der Waals surface area contributed by atoms with E-state index >= 15 is 0 Å². The Morgan fingerprint density at radius 1 is 1.42 bits per heavy atom. The molecule has 0 aromatic heterocycles. The minimum absolute atomic E-state index is 0.0509. The Morgan fingerprint density at radius 2 is 2.00 bits per heavy atom. The highest BCUT2D eigenvalue weighted by Gasteiger charge is 2.30. The lowest BCUT2D eigenvalue weighted by Crippen LogP contribution is -2.39. The number of rotatable bonds is 1. The van der Waals surface area contributed by atoms with Gasteiger partial charge in [0.05, 0.1) is 5.60 Å². The van der Waals surface area contributed by atoms with Crippen LogP contribution < -0.4 is 5.43 Å². The molecule has 72 valence electrons. The van der Waals surface area contributed by atoms with Gasteiger partial charge in [-0.25, -0.2) is 5.01 Å². The molecule has 3 heteroatoms. The summed E-state index contributed by atoms with van der Waals surface area (Å²) in [5.74, 6) is 0. The van der Waals surface area contributed by atoms with Crippen molar-refractivity contribution in [1.29, 1.82) is 0 Å². The zero-order valence-corrected chi connectivity index (χ0v) is 8.72. The van der Waals surface area contributed by atoms with Gasteiger partial charge in [0.25, 0.3) is 0 Å². The van der Waals surface area contributed by atoms with Crippen LogP contribution in [0.4, 0.5) is 0 Å². The second-order valence-corrected chi connectivity index (χ2v) is 4.56. The third kappa shape index (κ3) is 2.73. The molecule has 1 saturated heterocycles. The number of nitrogens with zero attached hydrogens (tertiary/aromatic N) is 1. The Labute approximate surface area is 75.0 Å². The molecular weight excluding hydrogens is 152 g/mol. The van der Waals surface area contributed by atoms with Crippen molar-refractivity contribution >= 4 is 0 Å². The lowest BCUT2D eigenvalue weighted by molar-refractivity contribution is -0.118. The van der Waals surface area contributed by atoms with Gasteiger partial charge in [0.15, 0.2) is 0 Å². The first-order chi connectivity index (χ1) is 5.38. The molecule has 1 aliphatic heterocycles. The van der Waals surface area contributed by atoms with E-state index in [0.29, 0.717) is 6.04 Å². The summed E-state index contributed by atoms with van der Waals surface area (Å²) in [7, 11) is 2.03.